The van der Waals surface area contributed by atoms with Gasteiger partial charge in [-0.1, -0.05) is 11.6 Å². The van der Waals surface area contributed by atoms with Crippen LogP contribution in [-0.4, -0.2) is 4.57 Å². The molecular formula is C11H12ClN. The average molecular weight is 194 g/mol. The number of halogens is 1. The van der Waals surface area contributed by atoms with E-state index in [0.29, 0.717) is 0 Å². The Bertz CT molecular complexity index is 468. The number of hydrogen-bond donors (Lipinski definition) is 0. The van der Waals surface area contributed by atoms with Gasteiger partial charge in [-0.3, -0.25) is 0 Å². The molecule has 0 saturated heterocycles. The largest absolute Gasteiger partial charge is 0.348 e. The molecule has 0 unspecified atom stereocenters. The number of nitrogens with zero attached hydrogens (tertiary/aromatic N) is 1. The van der Waals surface area contributed by atoms with E-state index in [2.05, 4.69) is 31.5 Å². The number of benzene rings is 1. The van der Waals surface area contributed by atoms with Gasteiger partial charge in [0, 0.05) is 23.2 Å². The van der Waals surface area contributed by atoms with Crippen molar-refractivity contribution >= 4 is 22.5 Å². The summed E-state index contributed by atoms with van der Waals surface area (Å²) in [6.07, 6.45) is 0. The number of hydrogen-bond acceptors (Lipinski definition) is 0. The highest BCUT2D eigenvalue weighted by molar-refractivity contribution is 6.31. The first kappa shape index (κ1) is 8.64. The summed E-state index contributed by atoms with van der Waals surface area (Å²) in [4.78, 5) is 0. The molecule has 0 atom stereocenters. The third kappa shape index (κ3) is 1.24. The van der Waals surface area contributed by atoms with E-state index in [1.165, 1.54) is 22.2 Å². The molecule has 0 bridgehead atoms. The lowest BCUT2D eigenvalue weighted by Gasteiger charge is -2.02. The minimum absolute atomic E-state index is 0.815. The van der Waals surface area contributed by atoms with Gasteiger partial charge in [0.15, 0.2) is 0 Å². The van der Waals surface area contributed by atoms with Crippen molar-refractivity contribution in [3.8, 4) is 0 Å². The van der Waals surface area contributed by atoms with Crippen molar-refractivity contribution in [3.63, 3.8) is 0 Å². The molecule has 2 heteroatoms. The molecule has 1 aromatic heterocycles. The summed E-state index contributed by atoms with van der Waals surface area (Å²) in [7, 11) is 2.08. The van der Waals surface area contributed by atoms with Crippen molar-refractivity contribution < 1.29 is 0 Å². The Morgan fingerprint density at radius 3 is 2.54 bits per heavy atom. The zero-order valence-corrected chi connectivity index (χ0v) is 8.81. The van der Waals surface area contributed by atoms with Gasteiger partial charge in [0.1, 0.15) is 0 Å². The summed E-state index contributed by atoms with van der Waals surface area (Å²) in [6, 6.07) is 6.18. The Labute approximate surface area is 82.9 Å². The van der Waals surface area contributed by atoms with E-state index in [0.717, 1.165) is 5.02 Å². The van der Waals surface area contributed by atoms with E-state index in [1.807, 2.05) is 12.1 Å². The second-order valence-electron chi connectivity index (χ2n) is 3.51. The summed E-state index contributed by atoms with van der Waals surface area (Å²) < 4.78 is 2.20. The molecule has 0 spiro atoms. The molecule has 0 aliphatic carbocycles. The molecule has 0 aliphatic heterocycles. The molecule has 2 rings (SSSR count). The molecule has 0 aliphatic rings. The molecule has 1 nitrogen and oxygen atoms in total. The highest BCUT2D eigenvalue weighted by Crippen LogP contribution is 2.25. The van der Waals surface area contributed by atoms with E-state index in [4.69, 9.17) is 11.6 Å². The van der Waals surface area contributed by atoms with E-state index in [-0.39, 0.29) is 0 Å². The Morgan fingerprint density at radius 2 is 1.85 bits per heavy atom. The highest BCUT2D eigenvalue weighted by Gasteiger charge is 2.05. The van der Waals surface area contributed by atoms with Gasteiger partial charge >= 0.3 is 0 Å². The SMILES string of the molecule is Cc1cc(Cl)cc2cc(C)n(C)c12. The molecule has 0 radical (unpaired) electrons. The van der Waals surface area contributed by atoms with Crippen molar-refractivity contribution in [1.82, 2.24) is 4.57 Å². The predicted octanol–water partition coefficient (Wildman–Crippen LogP) is 3.45. The fourth-order valence-electron chi connectivity index (χ4n) is 1.83. The van der Waals surface area contributed by atoms with Crippen molar-refractivity contribution in [2.24, 2.45) is 7.05 Å². The Hall–Kier alpha value is -0.950. The number of fused-ring (bicyclic) bond motifs is 1. The van der Waals surface area contributed by atoms with Crippen molar-refractivity contribution in [2.45, 2.75) is 13.8 Å². The van der Waals surface area contributed by atoms with Crippen LogP contribution >= 0.6 is 11.6 Å². The Balaban J connectivity index is 2.94. The van der Waals surface area contributed by atoms with Crippen LogP contribution in [0, 0.1) is 13.8 Å². The molecular weight excluding hydrogens is 182 g/mol. The van der Waals surface area contributed by atoms with Gasteiger partial charge in [0.25, 0.3) is 0 Å². The number of rotatable bonds is 0. The molecule has 1 heterocycles. The van der Waals surface area contributed by atoms with Crippen molar-refractivity contribution in [3.05, 3.63) is 34.5 Å². The van der Waals surface area contributed by atoms with E-state index >= 15 is 0 Å². The van der Waals surface area contributed by atoms with Crippen LogP contribution in [-0.2, 0) is 7.05 Å². The summed E-state index contributed by atoms with van der Waals surface area (Å²) in [5.74, 6) is 0. The third-order valence-electron chi connectivity index (χ3n) is 2.52. The van der Waals surface area contributed by atoms with Gasteiger partial charge in [-0.25, -0.2) is 0 Å². The van der Waals surface area contributed by atoms with Crippen LogP contribution in [0.25, 0.3) is 10.9 Å². The van der Waals surface area contributed by atoms with Crippen LogP contribution in [0.5, 0.6) is 0 Å². The molecule has 1 aromatic carbocycles. The molecule has 2 aromatic rings. The molecule has 0 fully saturated rings. The summed E-state index contributed by atoms with van der Waals surface area (Å²) in [6.45, 7) is 4.20. The first-order chi connectivity index (χ1) is 6.09. The molecule has 0 saturated carbocycles. The van der Waals surface area contributed by atoms with Gasteiger partial charge < -0.3 is 4.57 Å². The maximum atomic E-state index is 5.98. The van der Waals surface area contributed by atoms with Crippen molar-refractivity contribution in [2.75, 3.05) is 0 Å². The fraction of sp³-hybridized carbons (Fsp3) is 0.273. The lowest BCUT2D eigenvalue weighted by Crippen LogP contribution is -1.91. The van der Waals surface area contributed by atoms with Gasteiger partial charge in [-0.05, 0) is 37.6 Å². The van der Waals surface area contributed by atoms with E-state index < -0.39 is 0 Å². The zero-order valence-electron chi connectivity index (χ0n) is 8.06. The van der Waals surface area contributed by atoms with Crippen LogP contribution in [0.4, 0.5) is 0 Å². The highest BCUT2D eigenvalue weighted by atomic mass is 35.5. The smallest absolute Gasteiger partial charge is 0.0510 e. The second kappa shape index (κ2) is 2.78. The summed E-state index contributed by atoms with van der Waals surface area (Å²) in [5, 5.41) is 2.04. The monoisotopic (exact) mass is 193 g/mol. The average Bonchev–Trinajstić information content (AvgIpc) is 2.27. The van der Waals surface area contributed by atoms with Crippen LogP contribution in [0.3, 0.4) is 0 Å². The van der Waals surface area contributed by atoms with E-state index in [9.17, 15) is 0 Å². The lowest BCUT2D eigenvalue weighted by molar-refractivity contribution is 0.914. The zero-order chi connectivity index (χ0) is 9.59. The number of aryl methyl sites for hydroxylation is 3. The third-order valence-corrected chi connectivity index (χ3v) is 2.74. The Morgan fingerprint density at radius 1 is 1.15 bits per heavy atom. The van der Waals surface area contributed by atoms with Gasteiger partial charge in [0.2, 0.25) is 0 Å². The minimum Gasteiger partial charge on any atom is -0.348 e. The molecule has 68 valence electrons. The molecule has 0 N–H and O–H groups in total. The first-order valence-electron chi connectivity index (χ1n) is 4.32. The predicted molar refractivity (Wildman–Crippen MR) is 57.4 cm³/mol. The van der Waals surface area contributed by atoms with Crippen LogP contribution in [0.1, 0.15) is 11.3 Å². The summed E-state index contributed by atoms with van der Waals surface area (Å²) in [5.41, 5.74) is 3.78. The van der Waals surface area contributed by atoms with Crippen LogP contribution < -0.4 is 0 Å². The summed E-state index contributed by atoms with van der Waals surface area (Å²) >= 11 is 5.98. The maximum Gasteiger partial charge on any atom is 0.0510 e. The van der Waals surface area contributed by atoms with Gasteiger partial charge in [-0.15, -0.1) is 0 Å². The van der Waals surface area contributed by atoms with Crippen LogP contribution in [0.2, 0.25) is 5.02 Å². The second-order valence-corrected chi connectivity index (χ2v) is 3.94. The first-order valence-corrected chi connectivity index (χ1v) is 4.69. The standard InChI is InChI=1S/C11H12ClN/c1-7-4-10(12)6-9-5-8(2)13(3)11(7)9/h4-6H,1-3H3. The fourth-order valence-corrected chi connectivity index (χ4v) is 2.11. The molecule has 0 amide bonds. The maximum absolute atomic E-state index is 5.98. The van der Waals surface area contributed by atoms with Gasteiger partial charge in [0.05, 0.1) is 5.52 Å². The van der Waals surface area contributed by atoms with Crippen molar-refractivity contribution in [1.29, 1.82) is 0 Å². The normalized spacial score (nSPS) is 11.1. The van der Waals surface area contributed by atoms with Crippen LogP contribution in [0.15, 0.2) is 18.2 Å². The Kier molecular flexibility index (Phi) is 1.85. The lowest BCUT2D eigenvalue weighted by atomic mass is 10.2. The van der Waals surface area contributed by atoms with Gasteiger partial charge in [-0.2, -0.15) is 0 Å². The molecule has 13 heavy (non-hydrogen) atoms. The quantitative estimate of drug-likeness (QED) is 0.604. The number of aromatic nitrogens is 1. The minimum atomic E-state index is 0.815. The topological polar surface area (TPSA) is 4.93 Å². The van der Waals surface area contributed by atoms with E-state index in [1.54, 1.807) is 0 Å².